The van der Waals surface area contributed by atoms with Gasteiger partial charge in [-0.15, -0.1) is 0 Å². The first-order chi connectivity index (χ1) is 11.6. The SMILES string of the molecule is CCN(C(=O)Cn1cnc2ccccc2c1=O)c1ccc(F)cc1. The van der Waals surface area contributed by atoms with E-state index in [0.717, 1.165) is 0 Å². The predicted octanol–water partition coefficient (Wildman–Crippen LogP) is 2.59. The fraction of sp³-hybridized carbons (Fsp3) is 0.167. The second-order valence-corrected chi connectivity index (χ2v) is 5.31. The molecule has 0 saturated heterocycles. The maximum atomic E-state index is 13.0. The van der Waals surface area contributed by atoms with E-state index in [0.29, 0.717) is 23.1 Å². The molecule has 0 radical (unpaired) electrons. The van der Waals surface area contributed by atoms with Gasteiger partial charge in [-0.3, -0.25) is 14.2 Å². The summed E-state index contributed by atoms with van der Waals surface area (Å²) in [5.74, 6) is -0.625. The third-order valence-electron chi connectivity index (χ3n) is 3.79. The van der Waals surface area contributed by atoms with E-state index in [9.17, 15) is 14.0 Å². The molecule has 0 aliphatic carbocycles. The Labute approximate surface area is 138 Å². The van der Waals surface area contributed by atoms with Gasteiger partial charge in [-0.25, -0.2) is 9.37 Å². The van der Waals surface area contributed by atoms with Crippen molar-refractivity contribution < 1.29 is 9.18 Å². The maximum absolute atomic E-state index is 13.0. The van der Waals surface area contributed by atoms with Crippen LogP contribution < -0.4 is 10.5 Å². The number of aromatic nitrogens is 2. The number of halogens is 1. The second-order valence-electron chi connectivity index (χ2n) is 5.31. The molecule has 0 N–H and O–H groups in total. The molecule has 0 aliphatic heterocycles. The number of carbonyl (C=O) groups excluding carboxylic acids is 1. The number of amides is 1. The summed E-state index contributed by atoms with van der Waals surface area (Å²) in [4.78, 5) is 30.7. The Morgan fingerprint density at radius 1 is 1.17 bits per heavy atom. The molecule has 0 saturated carbocycles. The fourth-order valence-corrected chi connectivity index (χ4v) is 2.57. The van der Waals surface area contributed by atoms with Crippen molar-refractivity contribution in [2.75, 3.05) is 11.4 Å². The van der Waals surface area contributed by atoms with Crippen LogP contribution >= 0.6 is 0 Å². The highest BCUT2D eigenvalue weighted by atomic mass is 19.1. The highest BCUT2D eigenvalue weighted by Gasteiger charge is 2.16. The van der Waals surface area contributed by atoms with Crippen molar-refractivity contribution in [1.29, 1.82) is 0 Å². The highest BCUT2D eigenvalue weighted by molar-refractivity contribution is 5.93. The van der Waals surface area contributed by atoms with E-state index < -0.39 is 0 Å². The zero-order chi connectivity index (χ0) is 17.1. The highest BCUT2D eigenvalue weighted by Crippen LogP contribution is 2.15. The summed E-state index contributed by atoms with van der Waals surface area (Å²) in [6.45, 7) is 2.12. The summed E-state index contributed by atoms with van der Waals surface area (Å²) >= 11 is 0. The number of anilines is 1. The molecule has 3 aromatic rings. The summed E-state index contributed by atoms with van der Waals surface area (Å²) in [7, 11) is 0. The van der Waals surface area contributed by atoms with Crippen molar-refractivity contribution in [3.8, 4) is 0 Å². The van der Waals surface area contributed by atoms with Gasteiger partial charge in [-0.1, -0.05) is 12.1 Å². The first-order valence-electron chi connectivity index (χ1n) is 7.60. The van der Waals surface area contributed by atoms with E-state index >= 15 is 0 Å². The lowest BCUT2D eigenvalue weighted by molar-refractivity contribution is -0.119. The molecule has 1 aromatic heterocycles. The Morgan fingerprint density at radius 2 is 1.88 bits per heavy atom. The minimum atomic E-state index is -0.364. The van der Waals surface area contributed by atoms with Crippen LogP contribution in [0.25, 0.3) is 10.9 Å². The molecule has 24 heavy (non-hydrogen) atoms. The Kier molecular flexibility index (Phi) is 4.37. The van der Waals surface area contributed by atoms with Crippen LogP contribution in [0.5, 0.6) is 0 Å². The van der Waals surface area contributed by atoms with Gasteiger partial charge in [0.25, 0.3) is 5.56 Å². The number of nitrogens with zero attached hydrogens (tertiary/aromatic N) is 3. The van der Waals surface area contributed by atoms with Crippen molar-refractivity contribution in [2.24, 2.45) is 0 Å². The van der Waals surface area contributed by atoms with Crippen LogP contribution in [-0.4, -0.2) is 22.0 Å². The summed E-state index contributed by atoms with van der Waals surface area (Å²) in [6, 6.07) is 12.7. The van der Waals surface area contributed by atoms with Gasteiger partial charge < -0.3 is 4.90 Å². The molecule has 122 valence electrons. The van der Waals surface area contributed by atoms with E-state index in [4.69, 9.17) is 0 Å². The molecular weight excluding hydrogens is 309 g/mol. The number of fused-ring (bicyclic) bond motifs is 1. The number of para-hydroxylation sites is 1. The Morgan fingerprint density at radius 3 is 2.58 bits per heavy atom. The van der Waals surface area contributed by atoms with Gasteiger partial charge in [0.1, 0.15) is 12.4 Å². The first-order valence-corrected chi connectivity index (χ1v) is 7.60. The van der Waals surface area contributed by atoms with E-state index in [2.05, 4.69) is 4.98 Å². The van der Waals surface area contributed by atoms with Crippen LogP contribution in [0.3, 0.4) is 0 Å². The fourth-order valence-electron chi connectivity index (χ4n) is 2.57. The van der Waals surface area contributed by atoms with Gasteiger partial charge in [0.05, 0.1) is 17.2 Å². The molecule has 2 aromatic carbocycles. The van der Waals surface area contributed by atoms with Crippen molar-refractivity contribution in [2.45, 2.75) is 13.5 Å². The third-order valence-corrected chi connectivity index (χ3v) is 3.79. The molecule has 0 bridgehead atoms. The predicted molar refractivity (Wildman–Crippen MR) is 90.4 cm³/mol. The molecule has 0 fully saturated rings. The van der Waals surface area contributed by atoms with Gasteiger partial charge in [0.15, 0.2) is 0 Å². The quantitative estimate of drug-likeness (QED) is 0.741. The van der Waals surface area contributed by atoms with Crippen molar-refractivity contribution in [1.82, 2.24) is 9.55 Å². The molecule has 3 rings (SSSR count). The van der Waals surface area contributed by atoms with Gasteiger partial charge in [0, 0.05) is 12.2 Å². The lowest BCUT2D eigenvalue weighted by atomic mass is 10.2. The van der Waals surface area contributed by atoms with Crippen molar-refractivity contribution >= 4 is 22.5 Å². The maximum Gasteiger partial charge on any atom is 0.261 e. The van der Waals surface area contributed by atoms with E-state index in [1.165, 1.54) is 40.1 Å². The van der Waals surface area contributed by atoms with Gasteiger partial charge in [-0.05, 0) is 43.3 Å². The molecule has 5 nitrogen and oxygen atoms in total. The summed E-state index contributed by atoms with van der Waals surface area (Å²) in [5, 5.41) is 0.470. The zero-order valence-electron chi connectivity index (χ0n) is 13.1. The van der Waals surface area contributed by atoms with Crippen molar-refractivity contribution in [3.63, 3.8) is 0 Å². The lowest BCUT2D eigenvalue weighted by Gasteiger charge is -2.21. The standard InChI is InChI=1S/C18H16FN3O2/c1-2-22(14-9-7-13(19)8-10-14)17(23)11-21-12-20-16-6-4-3-5-15(16)18(21)24/h3-10,12H,2,11H2,1H3. The molecular formula is C18H16FN3O2. The minimum Gasteiger partial charge on any atom is -0.311 e. The summed E-state index contributed by atoms with van der Waals surface area (Å²) in [6.07, 6.45) is 1.38. The molecule has 1 amide bonds. The van der Waals surface area contributed by atoms with Crippen LogP contribution in [-0.2, 0) is 11.3 Å². The molecule has 0 spiro atoms. The van der Waals surface area contributed by atoms with Crippen LogP contribution in [0.2, 0.25) is 0 Å². The van der Waals surface area contributed by atoms with Gasteiger partial charge >= 0.3 is 0 Å². The lowest BCUT2D eigenvalue weighted by Crippen LogP contribution is -2.36. The number of carbonyl (C=O) groups is 1. The van der Waals surface area contributed by atoms with E-state index in [1.807, 2.05) is 6.92 Å². The number of likely N-dealkylation sites (N-methyl/N-ethyl adjacent to an activating group) is 1. The van der Waals surface area contributed by atoms with Crippen LogP contribution in [0, 0.1) is 5.82 Å². The van der Waals surface area contributed by atoms with Gasteiger partial charge in [-0.2, -0.15) is 0 Å². The Balaban J connectivity index is 1.89. The van der Waals surface area contributed by atoms with E-state index in [1.54, 1.807) is 24.3 Å². The van der Waals surface area contributed by atoms with Gasteiger partial charge in [0.2, 0.25) is 5.91 Å². The van der Waals surface area contributed by atoms with Crippen LogP contribution in [0.4, 0.5) is 10.1 Å². The Bertz CT molecular complexity index is 935. The smallest absolute Gasteiger partial charge is 0.261 e. The third kappa shape index (κ3) is 3.03. The molecule has 0 aliphatic rings. The molecule has 0 unspecified atom stereocenters. The van der Waals surface area contributed by atoms with E-state index in [-0.39, 0.29) is 23.8 Å². The summed E-state index contributed by atoms with van der Waals surface area (Å²) in [5.41, 5.74) is 0.923. The molecule has 0 atom stereocenters. The first kappa shape index (κ1) is 15.9. The average molecular weight is 325 g/mol. The molecule has 1 heterocycles. The topological polar surface area (TPSA) is 55.2 Å². The van der Waals surface area contributed by atoms with Crippen LogP contribution in [0.15, 0.2) is 59.7 Å². The number of rotatable bonds is 4. The summed E-state index contributed by atoms with van der Waals surface area (Å²) < 4.78 is 14.3. The minimum absolute atomic E-state index is 0.123. The van der Waals surface area contributed by atoms with Crippen LogP contribution in [0.1, 0.15) is 6.92 Å². The zero-order valence-corrected chi connectivity index (χ0v) is 13.1. The number of hydrogen-bond donors (Lipinski definition) is 0. The number of benzene rings is 2. The monoisotopic (exact) mass is 325 g/mol. The normalized spacial score (nSPS) is 10.8. The number of hydrogen-bond acceptors (Lipinski definition) is 3. The Hall–Kier alpha value is -3.02. The second kappa shape index (κ2) is 6.62. The molecule has 6 heteroatoms. The van der Waals surface area contributed by atoms with Crippen molar-refractivity contribution in [3.05, 3.63) is 71.0 Å². The largest absolute Gasteiger partial charge is 0.311 e. The average Bonchev–Trinajstić information content (AvgIpc) is 2.60.